The van der Waals surface area contributed by atoms with E-state index >= 15 is 0 Å². The van der Waals surface area contributed by atoms with Gasteiger partial charge < -0.3 is 25.8 Å². The third-order valence-electron chi connectivity index (χ3n) is 6.80. The highest BCUT2D eigenvalue weighted by Gasteiger charge is 2.37. The van der Waals surface area contributed by atoms with Crippen molar-refractivity contribution in [3.63, 3.8) is 0 Å². The van der Waals surface area contributed by atoms with Gasteiger partial charge in [-0.2, -0.15) is 0 Å². The van der Waals surface area contributed by atoms with E-state index in [0.717, 1.165) is 0 Å². The van der Waals surface area contributed by atoms with Gasteiger partial charge in [-0.1, -0.05) is 55.4 Å². The van der Waals surface area contributed by atoms with Crippen LogP contribution in [0.4, 0.5) is 0 Å². The Hall–Kier alpha value is -2.65. The van der Waals surface area contributed by atoms with Crippen LogP contribution >= 0.6 is 0 Å². The maximum absolute atomic E-state index is 13.6. The molecule has 10 heteroatoms. The van der Waals surface area contributed by atoms with E-state index < -0.39 is 41.9 Å². The monoisotopic (exact) mass is 539 g/mol. The molecule has 38 heavy (non-hydrogen) atoms. The van der Waals surface area contributed by atoms with E-state index in [9.17, 15) is 24.0 Å². The summed E-state index contributed by atoms with van der Waals surface area (Å²) in [5.41, 5.74) is 5.59. The summed E-state index contributed by atoms with van der Waals surface area (Å²) in [6.45, 7) is 16.9. The molecule has 0 bridgehead atoms. The zero-order chi connectivity index (χ0) is 30.1. The molecule has 0 radical (unpaired) electrons. The normalized spacial score (nSPS) is 14.7. The van der Waals surface area contributed by atoms with Crippen molar-refractivity contribution in [3.8, 4) is 0 Å². The molecule has 0 aromatic carbocycles. The Balaban J connectivity index is 5.93. The number of rotatable bonds is 15. The Morgan fingerprint density at radius 1 is 0.658 bits per heavy atom. The predicted molar refractivity (Wildman–Crippen MR) is 150 cm³/mol. The van der Waals surface area contributed by atoms with Gasteiger partial charge in [-0.05, 0) is 43.4 Å². The molecule has 0 aliphatic heterocycles. The van der Waals surface area contributed by atoms with Crippen molar-refractivity contribution in [3.05, 3.63) is 0 Å². The van der Waals surface area contributed by atoms with Crippen molar-refractivity contribution in [2.24, 2.45) is 29.4 Å². The molecule has 220 valence electrons. The number of nitrogens with two attached hydrogens (primary N) is 1. The average Bonchev–Trinajstić information content (AvgIpc) is 2.80. The topological polar surface area (TPSA) is 133 Å². The molecule has 3 N–H and O–H groups in total. The van der Waals surface area contributed by atoms with E-state index in [4.69, 9.17) is 5.73 Å². The Kier molecular flexibility index (Phi) is 14.6. The largest absolute Gasteiger partial charge is 0.368 e. The molecule has 10 nitrogen and oxygen atoms in total. The first kappa shape index (κ1) is 35.4. The number of nitrogens with zero attached hydrogens (tertiary/aromatic N) is 3. The van der Waals surface area contributed by atoms with Crippen molar-refractivity contribution in [2.75, 3.05) is 21.1 Å². The Morgan fingerprint density at radius 3 is 1.50 bits per heavy atom. The van der Waals surface area contributed by atoms with Crippen LogP contribution in [0.15, 0.2) is 0 Å². The highest BCUT2D eigenvalue weighted by Crippen LogP contribution is 2.18. The maximum Gasteiger partial charge on any atom is 0.245 e. The lowest BCUT2D eigenvalue weighted by molar-refractivity contribution is -0.148. The predicted octanol–water partition coefficient (Wildman–Crippen LogP) is 2.25. The van der Waals surface area contributed by atoms with Crippen LogP contribution in [0.25, 0.3) is 0 Å². The van der Waals surface area contributed by atoms with Crippen LogP contribution in [0.5, 0.6) is 0 Å². The molecule has 4 atom stereocenters. The van der Waals surface area contributed by atoms with Crippen LogP contribution in [-0.4, -0.2) is 89.5 Å². The standard InChI is InChI=1S/C28H53N5O5/c1-16(2)13-21(25(29)35)32(11)28(38)24(19(7)8)30-26(36)22(14-17(3)4)33(12)27(37)20(9)31(10)23(34)15-18(5)6/h16-22,24H,13-15H2,1-12H3,(H2,29,35)(H,30,36)/t20-,21+,22+,24+/m1/s1. The summed E-state index contributed by atoms with van der Waals surface area (Å²) in [7, 11) is 4.67. The van der Waals surface area contributed by atoms with Crippen LogP contribution in [-0.2, 0) is 24.0 Å². The van der Waals surface area contributed by atoms with Crippen LogP contribution in [0.2, 0.25) is 0 Å². The SMILES string of the molecule is CC(C)CC(=O)N(C)[C@H](C)C(=O)N(C)[C@@H](CC(C)C)C(=O)N[C@H](C(=O)N(C)[C@@H](CC(C)C)C(N)=O)C(C)C. The second kappa shape index (κ2) is 15.7. The van der Waals surface area contributed by atoms with E-state index in [1.807, 2.05) is 55.4 Å². The van der Waals surface area contributed by atoms with Gasteiger partial charge in [0.1, 0.15) is 24.2 Å². The fourth-order valence-corrected chi connectivity index (χ4v) is 4.26. The zero-order valence-corrected chi connectivity index (χ0v) is 25.7. The third kappa shape index (κ3) is 10.6. The second-order valence-corrected chi connectivity index (χ2v) is 12.1. The molecule has 0 aromatic heterocycles. The zero-order valence-electron chi connectivity index (χ0n) is 25.7. The number of nitrogens with one attached hydrogen (secondary N) is 1. The van der Waals surface area contributed by atoms with Crippen LogP contribution in [0.1, 0.15) is 81.6 Å². The highest BCUT2D eigenvalue weighted by atomic mass is 16.2. The molecule has 0 rings (SSSR count). The van der Waals surface area contributed by atoms with Crippen molar-refractivity contribution < 1.29 is 24.0 Å². The average molecular weight is 540 g/mol. The van der Waals surface area contributed by atoms with Crippen LogP contribution < -0.4 is 11.1 Å². The van der Waals surface area contributed by atoms with Gasteiger partial charge in [0.15, 0.2) is 0 Å². The summed E-state index contributed by atoms with van der Waals surface area (Å²) in [5.74, 6) is -1.88. The number of amides is 5. The van der Waals surface area contributed by atoms with Gasteiger partial charge >= 0.3 is 0 Å². The smallest absolute Gasteiger partial charge is 0.245 e. The number of primary amides is 1. The fraction of sp³-hybridized carbons (Fsp3) is 0.821. The molecule has 0 aliphatic rings. The minimum Gasteiger partial charge on any atom is -0.368 e. The summed E-state index contributed by atoms with van der Waals surface area (Å²) in [4.78, 5) is 69.1. The van der Waals surface area contributed by atoms with Crippen molar-refractivity contribution >= 4 is 29.5 Å². The van der Waals surface area contributed by atoms with Crippen LogP contribution in [0, 0.1) is 23.7 Å². The lowest BCUT2D eigenvalue weighted by Crippen LogP contribution is -2.59. The molecule has 0 spiro atoms. The van der Waals surface area contributed by atoms with Gasteiger partial charge in [0.25, 0.3) is 0 Å². The molecule has 0 saturated heterocycles. The minimum atomic E-state index is -0.910. The summed E-state index contributed by atoms with van der Waals surface area (Å²) < 4.78 is 0. The summed E-state index contributed by atoms with van der Waals surface area (Å²) in [6, 6.07) is -3.31. The molecule has 0 fully saturated rings. The molecular formula is C28H53N5O5. The summed E-state index contributed by atoms with van der Waals surface area (Å²) in [6.07, 6.45) is 1.10. The highest BCUT2D eigenvalue weighted by molar-refractivity contribution is 5.95. The minimum absolute atomic E-state index is 0.0813. The number of carbonyl (C=O) groups excluding carboxylic acids is 5. The van der Waals surface area contributed by atoms with Crippen molar-refractivity contribution in [1.29, 1.82) is 0 Å². The van der Waals surface area contributed by atoms with Crippen molar-refractivity contribution in [2.45, 2.75) is 106 Å². The van der Waals surface area contributed by atoms with Gasteiger partial charge in [0.05, 0.1) is 0 Å². The number of hydrogen-bond donors (Lipinski definition) is 2. The van der Waals surface area contributed by atoms with E-state index in [-0.39, 0.29) is 35.5 Å². The molecule has 0 unspecified atom stereocenters. The molecule has 0 saturated carbocycles. The molecule has 5 amide bonds. The fourth-order valence-electron chi connectivity index (χ4n) is 4.26. The molecular weight excluding hydrogens is 486 g/mol. The van der Waals surface area contributed by atoms with Gasteiger partial charge in [-0.15, -0.1) is 0 Å². The number of carbonyl (C=O) groups is 5. The first-order valence-electron chi connectivity index (χ1n) is 13.7. The second-order valence-electron chi connectivity index (χ2n) is 12.1. The number of likely N-dealkylation sites (N-methyl/N-ethyl adjacent to an activating group) is 3. The quantitative estimate of drug-likeness (QED) is 0.329. The van der Waals surface area contributed by atoms with Gasteiger partial charge in [-0.25, -0.2) is 0 Å². The van der Waals surface area contributed by atoms with Gasteiger partial charge in [0.2, 0.25) is 29.5 Å². The van der Waals surface area contributed by atoms with Gasteiger partial charge in [-0.3, -0.25) is 24.0 Å². The molecule has 0 aliphatic carbocycles. The summed E-state index contributed by atoms with van der Waals surface area (Å²) >= 11 is 0. The maximum atomic E-state index is 13.6. The van der Waals surface area contributed by atoms with E-state index in [2.05, 4.69) is 5.32 Å². The van der Waals surface area contributed by atoms with Crippen LogP contribution in [0.3, 0.4) is 0 Å². The first-order chi connectivity index (χ1) is 17.3. The first-order valence-corrected chi connectivity index (χ1v) is 13.7. The summed E-state index contributed by atoms with van der Waals surface area (Å²) in [5, 5.41) is 2.85. The van der Waals surface area contributed by atoms with E-state index in [0.29, 0.717) is 19.3 Å². The Bertz CT molecular complexity index is 826. The Morgan fingerprint density at radius 2 is 1.11 bits per heavy atom. The molecule has 0 aromatic rings. The van der Waals surface area contributed by atoms with Crippen molar-refractivity contribution in [1.82, 2.24) is 20.0 Å². The molecule has 0 heterocycles. The van der Waals surface area contributed by atoms with Gasteiger partial charge in [0, 0.05) is 27.6 Å². The van der Waals surface area contributed by atoms with E-state index in [1.54, 1.807) is 21.0 Å². The van der Waals surface area contributed by atoms with E-state index in [1.165, 1.54) is 21.7 Å². The third-order valence-corrected chi connectivity index (χ3v) is 6.80. The lowest BCUT2D eigenvalue weighted by atomic mass is 9.97. The number of hydrogen-bond acceptors (Lipinski definition) is 5. The Labute approximate surface area is 230 Å². The lowest BCUT2D eigenvalue weighted by Gasteiger charge is -2.36.